The van der Waals surface area contributed by atoms with Gasteiger partial charge in [0.05, 0.1) is 0 Å². The highest BCUT2D eigenvalue weighted by molar-refractivity contribution is 5.54. The van der Waals surface area contributed by atoms with Crippen molar-refractivity contribution >= 4 is 11.5 Å². The van der Waals surface area contributed by atoms with Crippen molar-refractivity contribution in [1.29, 1.82) is 0 Å². The first kappa shape index (κ1) is 13.1. The molecule has 0 aromatic carbocycles. The van der Waals surface area contributed by atoms with Crippen LogP contribution in [0.3, 0.4) is 0 Å². The molecule has 0 saturated heterocycles. The molecule has 1 saturated carbocycles. The number of hydrogen-bond acceptors (Lipinski definition) is 4. The topological polar surface area (TPSA) is 54.2 Å². The van der Waals surface area contributed by atoms with Gasteiger partial charge in [-0.15, -0.1) is 0 Å². The van der Waals surface area contributed by atoms with Crippen molar-refractivity contribution < 1.29 is 0 Å². The molecule has 4 nitrogen and oxygen atoms in total. The van der Waals surface area contributed by atoms with E-state index in [9.17, 15) is 0 Å². The van der Waals surface area contributed by atoms with Crippen molar-refractivity contribution in [2.75, 3.05) is 16.9 Å². The van der Waals surface area contributed by atoms with E-state index < -0.39 is 0 Å². The zero-order valence-electron chi connectivity index (χ0n) is 11.4. The Labute approximate surface area is 110 Å². The van der Waals surface area contributed by atoms with Crippen LogP contribution in [0.4, 0.5) is 11.5 Å². The van der Waals surface area contributed by atoms with E-state index in [0.29, 0.717) is 12.0 Å². The molecule has 100 valence electrons. The number of aromatic nitrogens is 1. The highest BCUT2D eigenvalue weighted by Gasteiger charge is 2.23. The van der Waals surface area contributed by atoms with Gasteiger partial charge in [0.1, 0.15) is 5.82 Å². The minimum absolute atomic E-state index is 0.660. The van der Waals surface area contributed by atoms with Crippen molar-refractivity contribution in [2.45, 2.75) is 45.6 Å². The largest absolute Gasteiger partial charge is 0.368 e. The number of nitrogens with one attached hydrogen (secondary N) is 1. The van der Waals surface area contributed by atoms with E-state index in [4.69, 9.17) is 5.84 Å². The summed E-state index contributed by atoms with van der Waals surface area (Å²) < 4.78 is 0. The van der Waals surface area contributed by atoms with Crippen LogP contribution in [0.1, 0.15) is 39.5 Å². The molecule has 1 aromatic heterocycles. The molecule has 0 unspecified atom stereocenters. The number of hydrazine groups is 1. The van der Waals surface area contributed by atoms with Crippen LogP contribution in [0, 0.1) is 5.92 Å². The maximum Gasteiger partial charge on any atom is 0.141 e. The molecule has 0 radical (unpaired) electrons. The molecule has 1 aliphatic rings. The van der Waals surface area contributed by atoms with E-state index in [1.807, 2.05) is 12.3 Å². The molecule has 0 atom stereocenters. The second-order valence-electron chi connectivity index (χ2n) is 5.53. The normalized spacial score (nSPS) is 16.2. The Morgan fingerprint density at radius 2 is 2.17 bits per heavy atom. The van der Waals surface area contributed by atoms with E-state index in [1.165, 1.54) is 31.4 Å². The summed E-state index contributed by atoms with van der Waals surface area (Å²) in [6.45, 7) is 5.63. The third kappa shape index (κ3) is 3.13. The number of anilines is 2. The van der Waals surface area contributed by atoms with E-state index in [0.717, 1.165) is 12.4 Å². The monoisotopic (exact) mass is 248 g/mol. The van der Waals surface area contributed by atoms with Crippen molar-refractivity contribution in [2.24, 2.45) is 11.8 Å². The van der Waals surface area contributed by atoms with Crippen LogP contribution in [0.25, 0.3) is 0 Å². The Morgan fingerprint density at radius 3 is 2.78 bits per heavy atom. The summed E-state index contributed by atoms with van der Waals surface area (Å²) in [5.41, 5.74) is 3.86. The summed E-state index contributed by atoms with van der Waals surface area (Å²) in [5, 5.41) is 0. The Morgan fingerprint density at radius 1 is 1.44 bits per heavy atom. The first-order valence-corrected chi connectivity index (χ1v) is 6.90. The lowest BCUT2D eigenvalue weighted by atomic mass is 10.1. The fourth-order valence-electron chi connectivity index (χ4n) is 2.75. The second kappa shape index (κ2) is 6.05. The van der Waals surface area contributed by atoms with Gasteiger partial charge in [0.2, 0.25) is 0 Å². The zero-order valence-corrected chi connectivity index (χ0v) is 11.4. The molecule has 0 spiro atoms. The van der Waals surface area contributed by atoms with Gasteiger partial charge in [0, 0.05) is 30.5 Å². The van der Waals surface area contributed by atoms with Gasteiger partial charge in [-0.05, 0) is 24.8 Å². The van der Waals surface area contributed by atoms with Crippen LogP contribution in [0.15, 0.2) is 18.3 Å². The Hall–Kier alpha value is -1.29. The SMILES string of the molecule is CC(C)CN(c1ccnc(NN)c1)C1CCCC1. The summed E-state index contributed by atoms with van der Waals surface area (Å²) in [5.74, 6) is 6.84. The van der Waals surface area contributed by atoms with Crippen LogP contribution in [0.2, 0.25) is 0 Å². The number of rotatable bonds is 5. The van der Waals surface area contributed by atoms with E-state index >= 15 is 0 Å². The average molecular weight is 248 g/mol. The van der Waals surface area contributed by atoms with Gasteiger partial charge in [-0.2, -0.15) is 0 Å². The molecule has 1 aromatic rings. The summed E-state index contributed by atoms with van der Waals surface area (Å²) in [6.07, 6.45) is 7.15. The molecule has 1 heterocycles. The number of hydrogen-bond donors (Lipinski definition) is 2. The molecular weight excluding hydrogens is 224 g/mol. The minimum Gasteiger partial charge on any atom is -0.368 e. The van der Waals surface area contributed by atoms with Crippen LogP contribution < -0.4 is 16.2 Å². The number of nitrogens with two attached hydrogens (primary N) is 1. The van der Waals surface area contributed by atoms with Crippen molar-refractivity contribution in [3.8, 4) is 0 Å². The molecule has 4 heteroatoms. The van der Waals surface area contributed by atoms with E-state index in [2.05, 4.69) is 35.2 Å². The van der Waals surface area contributed by atoms with Crippen LogP contribution in [0.5, 0.6) is 0 Å². The average Bonchev–Trinajstić information content (AvgIpc) is 2.89. The first-order valence-electron chi connectivity index (χ1n) is 6.90. The van der Waals surface area contributed by atoms with Gasteiger partial charge >= 0.3 is 0 Å². The van der Waals surface area contributed by atoms with Gasteiger partial charge in [-0.3, -0.25) is 0 Å². The summed E-state index contributed by atoms with van der Waals surface area (Å²) in [4.78, 5) is 6.71. The minimum atomic E-state index is 0.660. The Kier molecular flexibility index (Phi) is 4.42. The maximum atomic E-state index is 5.44. The lowest BCUT2D eigenvalue weighted by molar-refractivity contribution is 0.536. The third-order valence-electron chi connectivity index (χ3n) is 3.55. The van der Waals surface area contributed by atoms with Gasteiger partial charge in [0.25, 0.3) is 0 Å². The predicted octanol–water partition coefficient (Wildman–Crippen LogP) is 2.77. The van der Waals surface area contributed by atoms with Gasteiger partial charge in [-0.25, -0.2) is 10.8 Å². The quantitative estimate of drug-likeness (QED) is 0.621. The number of nitrogen functional groups attached to an aromatic ring is 1. The fraction of sp³-hybridized carbons (Fsp3) is 0.643. The molecule has 1 aliphatic carbocycles. The zero-order chi connectivity index (χ0) is 13.0. The Bertz CT molecular complexity index is 372. The lowest BCUT2D eigenvalue weighted by Crippen LogP contribution is -2.36. The lowest BCUT2D eigenvalue weighted by Gasteiger charge is -2.33. The maximum absolute atomic E-state index is 5.44. The molecule has 0 amide bonds. The highest BCUT2D eigenvalue weighted by Crippen LogP contribution is 2.29. The predicted molar refractivity (Wildman–Crippen MR) is 76.5 cm³/mol. The smallest absolute Gasteiger partial charge is 0.141 e. The first-order chi connectivity index (χ1) is 8.70. The van der Waals surface area contributed by atoms with E-state index in [1.54, 1.807) is 0 Å². The van der Waals surface area contributed by atoms with Gasteiger partial charge in [0.15, 0.2) is 0 Å². The molecular formula is C14H24N4. The van der Waals surface area contributed by atoms with Crippen molar-refractivity contribution in [3.05, 3.63) is 18.3 Å². The van der Waals surface area contributed by atoms with Gasteiger partial charge in [-0.1, -0.05) is 26.7 Å². The van der Waals surface area contributed by atoms with E-state index in [-0.39, 0.29) is 0 Å². The fourth-order valence-corrected chi connectivity index (χ4v) is 2.75. The molecule has 0 aliphatic heterocycles. The summed E-state index contributed by atoms with van der Waals surface area (Å²) >= 11 is 0. The second-order valence-corrected chi connectivity index (χ2v) is 5.53. The standard InChI is InChI=1S/C14H24N4/c1-11(2)10-18(12-5-3-4-6-12)13-7-8-16-14(9-13)17-15/h7-9,11-12H,3-6,10,15H2,1-2H3,(H,16,17). The van der Waals surface area contributed by atoms with Crippen molar-refractivity contribution in [3.63, 3.8) is 0 Å². The third-order valence-corrected chi connectivity index (χ3v) is 3.55. The van der Waals surface area contributed by atoms with Crippen LogP contribution in [-0.2, 0) is 0 Å². The number of pyridine rings is 1. The molecule has 3 N–H and O–H groups in total. The molecule has 2 rings (SSSR count). The van der Waals surface area contributed by atoms with Crippen LogP contribution >= 0.6 is 0 Å². The Balaban J connectivity index is 2.20. The summed E-state index contributed by atoms with van der Waals surface area (Å²) in [7, 11) is 0. The molecule has 1 fully saturated rings. The highest BCUT2D eigenvalue weighted by atomic mass is 15.3. The number of nitrogens with zero attached hydrogens (tertiary/aromatic N) is 2. The van der Waals surface area contributed by atoms with Crippen molar-refractivity contribution in [1.82, 2.24) is 4.98 Å². The van der Waals surface area contributed by atoms with Gasteiger partial charge < -0.3 is 10.3 Å². The van der Waals surface area contributed by atoms with Crippen LogP contribution in [-0.4, -0.2) is 17.6 Å². The molecule has 0 bridgehead atoms. The summed E-state index contributed by atoms with van der Waals surface area (Å²) in [6, 6.07) is 4.81. The molecule has 18 heavy (non-hydrogen) atoms.